The van der Waals surface area contributed by atoms with Crippen molar-refractivity contribution in [3.05, 3.63) is 11.4 Å². The maximum absolute atomic E-state index is 8.65. The molecule has 0 saturated carbocycles. The summed E-state index contributed by atoms with van der Waals surface area (Å²) in [6.45, 7) is 8.32. The Bertz CT molecular complexity index is 343. The third kappa shape index (κ3) is 1.92. The average molecular weight is 192 g/mol. The predicted molar refractivity (Wildman–Crippen MR) is 53.8 cm³/mol. The van der Waals surface area contributed by atoms with E-state index >= 15 is 0 Å². The SMILES string of the molecule is CC(C)c1c(CC#N)nnn1C(C)C. The zero-order valence-electron chi connectivity index (χ0n) is 9.15. The van der Waals surface area contributed by atoms with Gasteiger partial charge in [0.15, 0.2) is 0 Å². The maximum atomic E-state index is 8.65. The van der Waals surface area contributed by atoms with E-state index in [1.807, 2.05) is 4.68 Å². The molecule has 0 fully saturated rings. The zero-order valence-corrected chi connectivity index (χ0v) is 9.15. The highest BCUT2D eigenvalue weighted by molar-refractivity contribution is 5.18. The topological polar surface area (TPSA) is 54.5 Å². The summed E-state index contributed by atoms with van der Waals surface area (Å²) in [4.78, 5) is 0. The molecule has 1 aromatic rings. The Morgan fingerprint density at radius 1 is 1.36 bits per heavy atom. The summed E-state index contributed by atoms with van der Waals surface area (Å²) < 4.78 is 1.90. The Balaban J connectivity index is 3.15. The number of aromatic nitrogens is 3. The molecule has 76 valence electrons. The van der Waals surface area contributed by atoms with Crippen LogP contribution in [0.2, 0.25) is 0 Å². The Labute approximate surface area is 84.5 Å². The molecule has 4 heteroatoms. The average Bonchev–Trinajstić information content (AvgIpc) is 2.48. The molecule has 0 aliphatic carbocycles. The largest absolute Gasteiger partial charge is 0.246 e. The minimum Gasteiger partial charge on any atom is -0.246 e. The van der Waals surface area contributed by atoms with Crippen LogP contribution in [0.5, 0.6) is 0 Å². The van der Waals surface area contributed by atoms with E-state index in [-0.39, 0.29) is 0 Å². The fraction of sp³-hybridized carbons (Fsp3) is 0.700. The Morgan fingerprint density at radius 3 is 2.43 bits per heavy atom. The molecule has 1 heterocycles. The molecule has 0 N–H and O–H groups in total. The van der Waals surface area contributed by atoms with Crippen molar-refractivity contribution < 1.29 is 0 Å². The molecular weight excluding hydrogens is 176 g/mol. The molecule has 0 aliphatic rings. The van der Waals surface area contributed by atoms with E-state index in [1.165, 1.54) is 0 Å². The molecule has 0 aliphatic heterocycles. The number of hydrogen-bond donors (Lipinski definition) is 0. The molecule has 0 spiro atoms. The van der Waals surface area contributed by atoms with Crippen LogP contribution in [0.3, 0.4) is 0 Å². The summed E-state index contributed by atoms with van der Waals surface area (Å²) in [6, 6.07) is 2.41. The molecular formula is C10H16N4. The normalized spacial score (nSPS) is 10.9. The fourth-order valence-electron chi connectivity index (χ4n) is 1.51. The minimum atomic E-state index is 0.298. The van der Waals surface area contributed by atoms with Gasteiger partial charge < -0.3 is 0 Å². The van der Waals surface area contributed by atoms with Gasteiger partial charge >= 0.3 is 0 Å². The van der Waals surface area contributed by atoms with Crippen LogP contribution < -0.4 is 0 Å². The van der Waals surface area contributed by atoms with Crippen LogP contribution in [-0.4, -0.2) is 15.0 Å². The van der Waals surface area contributed by atoms with Gasteiger partial charge in [0.2, 0.25) is 0 Å². The van der Waals surface area contributed by atoms with Gasteiger partial charge in [0.1, 0.15) is 5.69 Å². The van der Waals surface area contributed by atoms with Crippen LogP contribution in [0.25, 0.3) is 0 Å². The molecule has 0 aromatic carbocycles. The second-order valence-electron chi connectivity index (χ2n) is 3.95. The summed E-state index contributed by atoms with van der Waals surface area (Å²) in [5.41, 5.74) is 1.90. The van der Waals surface area contributed by atoms with Crippen molar-refractivity contribution >= 4 is 0 Å². The number of hydrogen-bond acceptors (Lipinski definition) is 3. The molecule has 1 rings (SSSR count). The van der Waals surface area contributed by atoms with Gasteiger partial charge in [0.05, 0.1) is 18.2 Å². The second kappa shape index (κ2) is 4.23. The monoisotopic (exact) mass is 192 g/mol. The first kappa shape index (κ1) is 10.7. The van der Waals surface area contributed by atoms with Gasteiger partial charge in [-0.25, -0.2) is 4.68 Å². The molecule has 0 atom stereocenters. The zero-order chi connectivity index (χ0) is 10.7. The Kier molecular flexibility index (Phi) is 3.23. The van der Waals surface area contributed by atoms with Gasteiger partial charge in [0.25, 0.3) is 0 Å². The van der Waals surface area contributed by atoms with E-state index in [0.29, 0.717) is 18.4 Å². The van der Waals surface area contributed by atoms with E-state index < -0.39 is 0 Å². The van der Waals surface area contributed by atoms with Gasteiger partial charge in [-0.15, -0.1) is 5.10 Å². The van der Waals surface area contributed by atoms with Crippen LogP contribution in [0.1, 0.15) is 51.0 Å². The smallest absolute Gasteiger partial charge is 0.100 e. The lowest BCUT2D eigenvalue weighted by Crippen LogP contribution is -2.09. The quantitative estimate of drug-likeness (QED) is 0.736. The van der Waals surface area contributed by atoms with Crippen LogP contribution in [-0.2, 0) is 6.42 Å². The maximum Gasteiger partial charge on any atom is 0.100 e. The molecule has 0 radical (unpaired) electrons. The van der Waals surface area contributed by atoms with E-state index in [2.05, 4.69) is 44.1 Å². The van der Waals surface area contributed by atoms with Gasteiger partial charge in [-0.05, 0) is 19.8 Å². The Morgan fingerprint density at radius 2 is 2.00 bits per heavy atom. The second-order valence-corrected chi connectivity index (χ2v) is 3.95. The highest BCUT2D eigenvalue weighted by Gasteiger charge is 2.17. The van der Waals surface area contributed by atoms with E-state index in [9.17, 15) is 0 Å². The van der Waals surface area contributed by atoms with E-state index in [4.69, 9.17) is 5.26 Å². The molecule has 0 bridgehead atoms. The van der Waals surface area contributed by atoms with Crippen LogP contribution >= 0.6 is 0 Å². The molecule has 4 nitrogen and oxygen atoms in total. The van der Waals surface area contributed by atoms with E-state index in [0.717, 1.165) is 11.4 Å². The first-order valence-electron chi connectivity index (χ1n) is 4.88. The van der Waals surface area contributed by atoms with Crippen molar-refractivity contribution in [3.63, 3.8) is 0 Å². The summed E-state index contributed by atoms with van der Waals surface area (Å²) in [6.07, 6.45) is 0.347. The first-order chi connectivity index (χ1) is 6.57. The van der Waals surface area contributed by atoms with Crippen molar-refractivity contribution in [2.75, 3.05) is 0 Å². The Hall–Kier alpha value is -1.37. The third-order valence-electron chi connectivity index (χ3n) is 2.09. The minimum absolute atomic E-state index is 0.298. The van der Waals surface area contributed by atoms with Crippen molar-refractivity contribution in [2.24, 2.45) is 0 Å². The van der Waals surface area contributed by atoms with Crippen LogP contribution in [0.15, 0.2) is 0 Å². The van der Waals surface area contributed by atoms with Gasteiger partial charge in [-0.3, -0.25) is 0 Å². The fourth-order valence-corrected chi connectivity index (χ4v) is 1.51. The van der Waals surface area contributed by atoms with Gasteiger partial charge in [-0.1, -0.05) is 19.1 Å². The molecule has 0 amide bonds. The summed E-state index contributed by atoms with van der Waals surface area (Å²) in [7, 11) is 0. The van der Waals surface area contributed by atoms with E-state index in [1.54, 1.807) is 0 Å². The molecule has 14 heavy (non-hydrogen) atoms. The number of rotatable bonds is 3. The van der Waals surface area contributed by atoms with Crippen molar-refractivity contribution in [2.45, 2.75) is 46.1 Å². The third-order valence-corrected chi connectivity index (χ3v) is 2.09. The summed E-state index contributed by atoms with van der Waals surface area (Å²) in [5.74, 6) is 0.357. The van der Waals surface area contributed by atoms with Crippen molar-refractivity contribution in [1.82, 2.24) is 15.0 Å². The van der Waals surface area contributed by atoms with Crippen LogP contribution in [0, 0.1) is 11.3 Å². The van der Waals surface area contributed by atoms with Gasteiger partial charge in [-0.2, -0.15) is 5.26 Å². The van der Waals surface area contributed by atoms with Crippen molar-refractivity contribution in [1.29, 1.82) is 5.26 Å². The first-order valence-corrected chi connectivity index (χ1v) is 4.88. The highest BCUT2D eigenvalue weighted by atomic mass is 15.4. The lowest BCUT2D eigenvalue weighted by atomic mass is 10.1. The molecule has 1 aromatic heterocycles. The highest BCUT2D eigenvalue weighted by Crippen LogP contribution is 2.20. The van der Waals surface area contributed by atoms with Crippen LogP contribution in [0.4, 0.5) is 0 Å². The summed E-state index contributed by atoms with van der Waals surface area (Å²) in [5, 5.41) is 16.8. The van der Waals surface area contributed by atoms with Crippen molar-refractivity contribution in [3.8, 4) is 6.07 Å². The lowest BCUT2D eigenvalue weighted by Gasteiger charge is -2.12. The summed E-state index contributed by atoms with van der Waals surface area (Å²) >= 11 is 0. The standard InChI is InChI=1S/C10H16N4/c1-7(2)10-9(5-6-11)12-13-14(10)8(3)4/h7-8H,5H2,1-4H3. The number of nitriles is 1. The lowest BCUT2D eigenvalue weighted by molar-refractivity contribution is 0.484. The molecule has 0 saturated heterocycles. The molecule has 0 unspecified atom stereocenters. The van der Waals surface area contributed by atoms with Gasteiger partial charge in [0, 0.05) is 6.04 Å². The number of nitrogens with zero attached hydrogens (tertiary/aromatic N) is 4. The predicted octanol–water partition coefficient (Wildman–Crippen LogP) is 2.05.